The van der Waals surface area contributed by atoms with E-state index in [1.54, 1.807) is 36.4 Å². The van der Waals surface area contributed by atoms with Gasteiger partial charge in [0.1, 0.15) is 0 Å². The average molecular weight is 374 g/mol. The van der Waals surface area contributed by atoms with Gasteiger partial charge in [0.2, 0.25) is 0 Å². The Morgan fingerprint density at radius 2 is 1.91 bits per heavy atom. The van der Waals surface area contributed by atoms with Crippen molar-refractivity contribution < 1.29 is 14.7 Å². The molecular weight excluding hydrogens is 358 g/mol. The fourth-order valence-corrected chi connectivity index (χ4v) is 3.33. The second-order valence-electron chi connectivity index (χ2n) is 5.54. The summed E-state index contributed by atoms with van der Waals surface area (Å²) in [6.45, 7) is 2.28. The van der Waals surface area contributed by atoms with Gasteiger partial charge in [-0.15, -0.1) is 0 Å². The third-order valence-electron chi connectivity index (χ3n) is 4.12. The number of carbonyl (C=O) groups is 2. The number of carbonyl (C=O) groups excluding carboxylic acids is 2. The molecule has 118 valence electrons. The van der Waals surface area contributed by atoms with Crippen LogP contribution in [0.1, 0.15) is 29.3 Å². The van der Waals surface area contributed by atoms with Crippen LogP contribution in [0.3, 0.4) is 0 Å². The molecule has 1 N–H and O–H groups in total. The SMILES string of the molecule is CCN1C(=O)[C@](O)(CC(=O)c2ccccc2)c2cc(Br)ccc21. The molecule has 0 aromatic heterocycles. The maximum absolute atomic E-state index is 12.7. The number of hydrogen-bond acceptors (Lipinski definition) is 3. The van der Waals surface area contributed by atoms with Gasteiger partial charge < -0.3 is 10.0 Å². The molecule has 0 aliphatic carbocycles. The van der Waals surface area contributed by atoms with Gasteiger partial charge in [0, 0.05) is 22.1 Å². The van der Waals surface area contributed by atoms with Crippen LogP contribution >= 0.6 is 15.9 Å². The number of ketones is 1. The molecule has 0 saturated carbocycles. The zero-order valence-corrected chi connectivity index (χ0v) is 14.2. The second kappa shape index (κ2) is 5.91. The van der Waals surface area contributed by atoms with Crippen LogP contribution in [0, 0.1) is 0 Å². The summed E-state index contributed by atoms with van der Waals surface area (Å²) in [4.78, 5) is 26.7. The van der Waals surface area contributed by atoms with E-state index in [9.17, 15) is 14.7 Å². The van der Waals surface area contributed by atoms with E-state index in [1.807, 2.05) is 19.1 Å². The molecule has 1 amide bonds. The van der Waals surface area contributed by atoms with Gasteiger partial charge in [0.25, 0.3) is 5.91 Å². The molecule has 5 heteroatoms. The van der Waals surface area contributed by atoms with Crippen LogP contribution in [0.4, 0.5) is 5.69 Å². The quantitative estimate of drug-likeness (QED) is 0.836. The number of likely N-dealkylation sites (N-methyl/N-ethyl adjacent to an activating group) is 1. The van der Waals surface area contributed by atoms with E-state index in [1.165, 1.54) is 4.90 Å². The Labute approximate surface area is 142 Å². The molecule has 0 radical (unpaired) electrons. The Morgan fingerprint density at radius 1 is 1.22 bits per heavy atom. The van der Waals surface area contributed by atoms with Crippen molar-refractivity contribution in [3.63, 3.8) is 0 Å². The number of halogens is 1. The van der Waals surface area contributed by atoms with E-state index < -0.39 is 11.5 Å². The fourth-order valence-electron chi connectivity index (χ4n) is 2.97. The first-order valence-corrected chi connectivity index (χ1v) is 8.19. The van der Waals surface area contributed by atoms with E-state index >= 15 is 0 Å². The number of benzene rings is 2. The predicted molar refractivity (Wildman–Crippen MR) is 91.5 cm³/mol. The highest BCUT2D eigenvalue weighted by Crippen LogP contribution is 2.43. The van der Waals surface area contributed by atoms with Gasteiger partial charge in [-0.3, -0.25) is 9.59 Å². The molecule has 23 heavy (non-hydrogen) atoms. The van der Waals surface area contributed by atoms with Gasteiger partial charge in [-0.25, -0.2) is 0 Å². The largest absolute Gasteiger partial charge is 0.375 e. The van der Waals surface area contributed by atoms with Crippen molar-refractivity contribution in [3.8, 4) is 0 Å². The molecule has 0 fully saturated rings. The zero-order chi connectivity index (χ0) is 16.6. The maximum Gasteiger partial charge on any atom is 0.264 e. The Balaban J connectivity index is 2.02. The van der Waals surface area contributed by atoms with Crippen LogP contribution in [0.5, 0.6) is 0 Å². The number of amides is 1. The molecule has 1 atom stereocenters. The minimum atomic E-state index is -1.82. The van der Waals surface area contributed by atoms with Crippen LogP contribution in [0.2, 0.25) is 0 Å². The second-order valence-corrected chi connectivity index (χ2v) is 6.45. The number of aliphatic hydroxyl groups is 1. The predicted octanol–water partition coefficient (Wildman–Crippen LogP) is 3.28. The third-order valence-corrected chi connectivity index (χ3v) is 4.62. The van der Waals surface area contributed by atoms with Crippen LogP contribution < -0.4 is 4.90 Å². The number of anilines is 1. The van der Waals surface area contributed by atoms with Crippen LogP contribution in [0.25, 0.3) is 0 Å². The lowest BCUT2D eigenvalue weighted by molar-refractivity contribution is -0.135. The molecule has 3 rings (SSSR count). The maximum atomic E-state index is 12.7. The Morgan fingerprint density at radius 3 is 2.57 bits per heavy atom. The number of nitrogens with zero attached hydrogens (tertiary/aromatic N) is 1. The van der Waals surface area contributed by atoms with Gasteiger partial charge in [-0.05, 0) is 25.1 Å². The average Bonchev–Trinajstić information content (AvgIpc) is 2.76. The Kier molecular flexibility index (Phi) is 4.08. The monoisotopic (exact) mass is 373 g/mol. The molecule has 4 nitrogen and oxygen atoms in total. The van der Waals surface area contributed by atoms with Crippen molar-refractivity contribution >= 4 is 33.3 Å². The molecule has 2 aromatic rings. The van der Waals surface area contributed by atoms with E-state index in [0.717, 1.165) is 4.47 Å². The lowest BCUT2D eigenvalue weighted by Gasteiger charge is -2.22. The van der Waals surface area contributed by atoms with Crippen LogP contribution in [-0.4, -0.2) is 23.3 Å². The molecule has 2 aromatic carbocycles. The van der Waals surface area contributed by atoms with Gasteiger partial charge in [-0.2, -0.15) is 0 Å². The summed E-state index contributed by atoms with van der Waals surface area (Å²) in [5, 5.41) is 11.0. The number of fused-ring (bicyclic) bond motifs is 1. The lowest BCUT2D eigenvalue weighted by Crippen LogP contribution is -2.41. The first kappa shape index (κ1) is 15.9. The van der Waals surface area contributed by atoms with Gasteiger partial charge >= 0.3 is 0 Å². The minimum Gasteiger partial charge on any atom is -0.375 e. The molecule has 1 aliphatic heterocycles. The van der Waals surface area contributed by atoms with E-state index in [4.69, 9.17) is 0 Å². The Bertz CT molecular complexity index is 775. The van der Waals surface area contributed by atoms with Crippen molar-refractivity contribution in [2.75, 3.05) is 11.4 Å². The Hall–Kier alpha value is -1.98. The number of rotatable bonds is 4. The molecular formula is C18H16BrNO3. The van der Waals surface area contributed by atoms with E-state index in [-0.39, 0.29) is 12.2 Å². The molecule has 1 heterocycles. The van der Waals surface area contributed by atoms with E-state index in [2.05, 4.69) is 15.9 Å². The fraction of sp³-hybridized carbons (Fsp3) is 0.222. The molecule has 0 saturated heterocycles. The molecule has 0 bridgehead atoms. The summed E-state index contributed by atoms with van der Waals surface area (Å²) in [5.41, 5.74) is -0.200. The summed E-state index contributed by atoms with van der Waals surface area (Å²) in [6, 6.07) is 14.0. The number of hydrogen-bond donors (Lipinski definition) is 1. The van der Waals surface area contributed by atoms with Crippen molar-refractivity contribution in [3.05, 3.63) is 64.1 Å². The molecule has 0 unspecified atom stereocenters. The van der Waals surface area contributed by atoms with Crippen LogP contribution in [-0.2, 0) is 10.4 Å². The lowest BCUT2D eigenvalue weighted by atomic mass is 9.88. The van der Waals surface area contributed by atoms with Gasteiger partial charge in [-0.1, -0.05) is 46.3 Å². The summed E-state index contributed by atoms with van der Waals surface area (Å²) < 4.78 is 0.757. The van der Waals surface area contributed by atoms with Crippen LogP contribution in [0.15, 0.2) is 53.0 Å². The molecule has 0 spiro atoms. The van der Waals surface area contributed by atoms with E-state index in [0.29, 0.717) is 23.4 Å². The summed E-state index contributed by atoms with van der Waals surface area (Å²) >= 11 is 3.36. The highest BCUT2D eigenvalue weighted by molar-refractivity contribution is 9.10. The topological polar surface area (TPSA) is 57.6 Å². The van der Waals surface area contributed by atoms with Crippen molar-refractivity contribution in [1.29, 1.82) is 0 Å². The first-order valence-electron chi connectivity index (χ1n) is 7.40. The summed E-state index contributed by atoms with van der Waals surface area (Å²) in [5.74, 6) is -0.706. The highest BCUT2D eigenvalue weighted by Gasteiger charge is 2.50. The van der Waals surface area contributed by atoms with Crippen molar-refractivity contribution in [1.82, 2.24) is 0 Å². The van der Waals surface area contributed by atoms with Crippen molar-refractivity contribution in [2.45, 2.75) is 18.9 Å². The van der Waals surface area contributed by atoms with Gasteiger partial charge in [0.15, 0.2) is 11.4 Å². The smallest absolute Gasteiger partial charge is 0.264 e. The standard InChI is InChI=1S/C18H16BrNO3/c1-2-20-15-9-8-13(19)10-14(15)18(23,17(20)22)11-16(21)12-6-4-3-5-7-12/h3-10,23H,2,11H2,1H3/t18-/m0/s1. The van der Waals surface area contributed by atoms with Gasteiger partial charge in [0.05, 0.1) is 12.1 Å². The van der Waals surface area contributed by atoms with Crippen molar-refractivity contribution in [2.24, 2.45) is 0 Å². The highest BCUT2D eigenvalue weighted by atomic mass is 79.9. The minimum absolute atomic E-state index is 0.259. The normalized spacial score (nSPS) is 19.8. The number of Topliss-reactive ketones (excluding diaryl/α,β-unsaturated/α-hetero) is 1. The summed E-state index contributed by atoms with van der Waals surface area (Å²) in [7, 11) is 0. The summed E-state index contributed by atoms with van der Waals surface area (Å²) in [6.07, 6.45) is -0.268. The molecule has 1 aliphatic rings. The zero-order valence-electron chi connectivity index (χ0n) is 12.6. The third kappa shape index (κ3) is 2.60. The first-order chi connectivity index (χ1) is 11.0.